The topological polar surface area (TPSA) is 0 Å². The van der Waals surface area contributed by atoms with Crippen LogP contribution in [0.15, 0.2) is 36.4 Å². The number of halogens is 2. The molecule has 0 amide bonds. The molecule has 0 aliphatic rings. The van der Waals surface area contributed by atoms with Crippen molar-refractivity contribution in [3.05, 3.63) is 70.3 Å². The summed E-state index contributed by atoms with van der Waals surface area (Å²) in [5.74, 6) is 10.6. The van der Waals surface area contributed by atoms with Gasteiger partial charge in [0.25, 0.3) is 0 Å². The molecule has 2 rings (SSSR count). The van der Waals surface area contributed by atoms with Gasteiger partial charge in [0.2, 0.25) is 0 Å². The standard InChI is InChI=1S/C20H16F2/c1-3-4-5-6-16-7-9-17(10-8-16)11-12-18-13-19(21)15(2)20(22)14-18/h7-10,13-14H,3,6H2,1-2H3. The van der Waals surface area contributed by atoms with E-state index >= 15 is 0 Å². The average molecular weight is 294 g/mol. The van der Waals surface area contributed by atoms with Crippen molar-refractivity contribution in [2.24, 2.45) is 0 Å². The Morgan fingerprint density at radius 1 is 0.864 bits per heavy atom. The highest BCUT2D eigenvalue weighted by Crippen LogP contribution is 2.13. The molecule has 0 aliphatic carbocycles. The molecule has 22 heavy (non-hydrogen) atoms. The highest BCUT2D eigenvalue weighted by molar-refractivity contribution is 5.44. The van der Waals surface area contributed by atoms with Crippen LogP contribution in [0.25, 0.3) is 0 Å². The van der Waals surface area contributed by atoms with Crippen molar-refractivity contribution in [1.29, 1.82) is 0 Å². The van der Waals surface area contributed by atoms with Crippen LogP contribution >= 0.6 is 0 Å². The molecule has 0 nitrogen and oxygen atoms in total. The third kappa shape index (κ3) is 4.21. The van der Waals surface area contributed by atoms with Crippen molar-refractivity contribution in [1.82, 2.24) is 0 Å². The zero-order chi connectivity index (χ0) is 15.9. The van der Waals surface area contributed by atoms with Gasteiger partial charge in [-0.1, -0.05) is 36.8 Å². The minimum atomic E-state index is -0.575. The zero-order valence-corrected chi connectivity index (χ0v) is 12.6. The molecular weight excluding hydrogens is 278 g/mol. The van der Waals surface area contributed by atoms with Gasteiger partial charge in [0, 0.05) is 29.5 Å². The van der Waals surface area contributed by atoms with Crippen molar-refractivity contribution in [2.45, 2.75) is 26.7 Å². The number of hydrogen-bond donors (Lipinski definition) is 0. The molecule has 0 N–H and O–H groups in total. The lowest BCUT2D eigenvalue weighted by molar-refractivity contribution is 0.567. The van der Waals surface area contributed by atoms with Gasteiger partial charge >= 0.3 is 0 Å². The summed E-state index contributed by atoms with van der Waals surface area (Å²) in [6.45, 7) is 3.42. The highest BCUT2D eigenvalue weighted by atomic mass is 19.1. The van der Waals surface area contributed by atoms with Gasteiger partial charge < -0.3 is 0 Å². The second-order valence-corrected chi connectivity index (χ2v) is 4.90. The Morgan fingerprint density at radius 3 is 2.05 bits per heavy atom. The first-order valence-electron chi connectivity index (χ1n) is 7.12. The van der Waals surface area contributed by atoms with Crippen LogP contribution in [0.1, 0.15) is 35.6 Å². The predicted octanol–water partition coefficient (Wildman–Crippen LogP) is 4.63. The van der Waals surface area contributed by atoms with E-state index in [0.717, 1.165) is 24.0 Å². The summed E-state index contributed by atoms with van der Waals surface area (Å²) in [4.78, 5) is 0. The summed E-state index contributed by atoms with van der Waals surface area (Å²) in [6.07, 6.45) is 1.57. The van der Waals surface area contributed by atoms with E-state index in [1.165, 1.54) is 19.1 Å². The van der Waals surface area contributed by atoms with Crippen LogP contribution < -0.4 is 0 Å². The number of rotatable bonds is 1. The molecule has 0 aromatic heterocycles. The van der Waals surface area contributed by atoms with Crippen molar-refractivity contribution in [2.75, 3.05) is 0 Å². The van der Waals surface area contributed by atoms with Gasteiger partial charge in [-0.25, -0.2) is 8.78 Å². The normalized spacial score (nSPS) is 9.45. The third-order valence-electron chi connectivity index (χ3n) is 3.18. The summed E-state index contributed by atoms with van der Waals surface area (Å²) in [5, 5.41) is 0. The van der Waals surface area contributed by atoms with Crippen molar-refractivity contribution < 1.29 is 8.78 Å². The molecule has 0 spiro atoms. The van der Waals surface area contributed by atoms with Crippen LogP contribution in [0.5, 0.6) is 0 Å². The minimum absolute atomic E-state index is 0.0168. The monoisotopic (exact) mass is 294 g/mol. The van der Waals surface area contributed by atoms with E-state index in [1.54, 1.807) is 0 Å². The number of hydrogen-bond acceptors (Lipinski definition) is 0. The van der Waals surface area contributed by atoms with E-state index in [1.807, 2.05) is 31.2 Å². The third-order valence-corrected chi connectivity index (χ3v) is 3.18. The van der Waals surface area contributed by atoms with Gasteiger partial charge in [0.15, 0.2) is 0 Å². The first-order valence-corrected chi connectivity index (χ1v) is 7.12. The molecule has 0 unspecified atom stereocenters. The number of benzene rings is 2. The molecule has 0 atom stereocenters. The Balaban J connectivity index is 2.15. The Morgan fingerprint density at radius 2 is 1.45 bits per heavy atom. The van der Waals surface area contributed by atoms with Gasteiger partial charge in [0.05, 0.1) is 0 Å². The lowest BCUT2D eigenvalue weighted by Gasteiger charge is -1.99. The molecule has 2 aromatic rings. The molecule has 0 fully saturated rings. The molecule has 0 saturated carbocycles. The smallest absolute Gasteiger partial charge is 0.130 e. The van der Waals surface area contributed by atoms with Gasteiger partial charge in [-0.3, -0.25) is 0 Å². The first kappa shape index (κ1) is 15.8. The molecular formula is C20H16F2. The maximum absolute atomic E-state index is 13.4. The largest absolute Gasteiger partial charge is 0.207 e. The van der Waals surface area contributed by atoms with Crippen LogP contribution in [0.3, 0.4) is 0 Å². The molecule has 0 heterocycles. The molecule has 0 saturated heterocycles. The van der Waals surface area contributed by atoms with Crippen LogP contribution in [-0.4, -0.2) is 0 Å². The van der Waals surface area contributed by atoms with Gasteiger partial charge in [0.1, 0.15) is 11.6 Å². The Kier molecular flexibility index (Phi) is 5.34. The van der Waals surface area contributed by atoms with Gasteiger partial charge in [-0.15, -0.1) is 5.92 Å². The minimum Gasteiger partial charge on any atom is -0.207 e. The van der Waals surface area contributed by atoms with Gasteiger partial charge in [-0.2, -0.15) is 0 Å². The average Bonchev–Trinajstić information content (AvgIpc) is 2.52. The fourth-order valence-electron chi connectivity index (χ4n) is 1.86. The maximum atomic E-state index is 13.4. The Hall–Kier alpha value is -2.58. The second kappa shape index (κ2) is 7.43. The molecule has 0 aliphatic heterocycles. The zero-order valence-electron chi connectivity index (χ0n) is 12.6. The van der Waals surface area contributed by atoms with Crippen molar-refractivity contribution >= 4 is 0 Å². The van der Waals surface area contributed by atoms with Crippen LogP contribution in [0, 0.1) is 42.2 Å². The van der Waals surface area contributed by atoms with E-state index in [0.29, 0.717) is 5.56 Å². The van der Waals surface area contributed by atoms with Crippen LogP contribution in [0.2, 0.25) is 0 Å². The molecule has 2 aromatic carbocycles. The maximum Gasteiger partial charge on any atom is 0.130 e. The lowest BCUT2D eigenvalue weighted by atomic mass is 10.1. The molecule has 0 radical (unpaired) electrons. The SMILES string of the molecule is CCC#CCc1ccc(C#Cc2cc(F)c(C)c(F)c2)cc1. The summed E-state index contributed by atoms with van der Waals surface area (Å²) in [5.41, 5.74) is 2.27. The van der Waals surface area contributed by atoms with Crippen LogP contribution in [0.4, 0.5) is 8.78 Å². The summed E-state index contributed by atoms with van der Waals surface area (Å²) in [7, 11) is 0. The van der Waals surface area contributed by atoms with Crippen molar-refractivity contribution in [3.8, 4) is 23.7 Å². The summed E-state index contributed by atoms with van der Waals surface area (Å²) >= 11 is 0. The summed E-state index contributed by atoms with van der Waals surface area (Å²) in [6, 6.07) is 10.2. The molecule has 0 bridgehead atoms. The first-order chi connectivity index (χ1) is 10.6. The molecule has 110 valence electrons. The lowest BCUT2D eigenvalue weighted by Crippen LogP contribution is -1.90. The second-order valence-electron chi connectivity index (χ2n) is 4.90. The van der Waals surface area contributed by atoms with E-state index in [2.05, 4.69) is 23.7 Å². The summed E-state index contributed by atoms with van der Waals surface area (Å²) < 4.78 is 26.9. The van der Waals surface area contributed by atoms with Crippen LogP contribution in [-0.2, 0) is 6.42 Å². The highest BCUT2D eigenvalue weighted by Gasteiger charge is 2.04. The fourth-order valence-corrected chi connectivity index (χ4v) is 1.86. The van der Waals surface area contributed by atoms with Crippen molar-refractivity contribution in [3.63, 3.8) is 0 Å². The van der Waals surface area contributed by atoms with E-state index in [4.69, 9.17) is 0 Å². The van der Waals surface area contributed by atoms with E-state index in [9.17, 15) is 8.78 Å². The Labute approximate surface area is 130 Å². The van der Waals surface area contributed by atoms with E-state index in [-0.39, 0.29) is 5.56 Å². The Bertz CT molecular complexity index is 755. The quantitative estimate of drug-likeness (QED) is 0.673. The predicted molar refractivity (Wildman–Crippen MR) is 85.3 cm³/mol. The van der Waals surface area contributed by atoms with Gasteiger partial charge in [-0.05, 0) is 36.8 Å². The fraction of sp³-hybridized carbons (Fsp3) is 0.200. The van der Waals surface area contributed by atoms with E-state index < -0.39 is 11.6 Å². The molecule has 2 heteroatoms.